The molecule has 0 fully saturated rings. The van der Waals surface area contributed by atoms with Crippen LogP contribution in [0.2, 0.25) is 0 Å². The quantitative estimate of drug-likeness (QED) is 0.344. The Morgan fingerprint density at radius 1 is 1.30 bits per heavy atom. The summed E-state index contributed by atoms with van der Waals surface area (Å²) >= 11 is 1.45. The molecule has 146 valence electrons. The number of fused-ring (bicyclic) bond motifs is 1. The number of hydrogen-bond acceptors (Lipinski definition) is 6. The van der Waals surface area contributed by atoms with Crippen molar-refractivity contribution in [3.63, 3.8) is 0 Å². The van der Waals surface area contributed by atoms with Crippen LogP contribution in [0.4, 0.5) is 0 Å². The van der Waals surface area contributed by atoms with Gasteiger partial charge < -0.3 is 15.3 Å². The van der Waals surface area contributed by atoms with Crippen LogP contribution in [0.5, 0.6) is 0 Å². The molecule has 0 atom stereocenters. The summed E-state index contributed by atoms with van der Waals surface area (Å²) in [4.78, 5) is 12.5. The molecular formula is C20H29N5OS. The number of nitrogens with two attached hydrogens (primary N) is 2. The minimum atomic E-state index is -0.0714. The standard InChI is InChI=1S/C20H29N5OS/c1-6-11-25(22)13-17(21)18(23-27-20(2,3)4)15-8-7-9-16-14(15)10-12-24(5)19(16)26/h7-10,12-13H,6,11,21-22H2,1-5H3/b17-13-,23-18+. The minimum absolute atomic E-state index is 0.0499. The molecular weight excluding hydrogens is 358 g/mol. The Balaban J connectivity index is 2.66. The van der Waals surface area contributed by atoms with E-state index in [0.29, 0.717) is 23.3 Å². The van der Waals surface area contributed by atoms with Crippen LogP contribution in [0, 0.1) is 0 Å². The number of allylic oxidation sites excluding steroid dienone is 1. The number of hydrogen-bond donors (Lipinski definition) is 2. The van der Waals surface area contributed by atoms with Crippen LogP contribution < -0.4 is 17.1 Å². The number of benzene rings is 1. The van der Waals surface area contributed by atoms with Gasteiger partial charge in [-0.1, -0.05) is 19.1 Å². The van der Waals surface area contributed by atoms with Crippen LogP contribution in [0.15, 0.2) is 51.6 Å². The fourth-order valence-electron chi connectivity index (χ4n) is 2.58. The van der Waals surface area contributed by atoms with E-state index in [4.69, 9.17) is 16.0 Å². The fourth-order valence-corrected chi connectivity index (χ4v) is 3.15. The largest absolute Gasteiger partial charge is 0.396 e. The first kappa shape index (κ1) is 21.1. The van der Waals surface area contributed by atoms with Gasteiger partial charge in [-0.2, -0.15) is 0 Å². The van der Waals surface area contributed by atoms with Crippen molar-refractivity contribution in [3.05, 3.63) is 58.3 Å². The SMILES string of the molecule is CCCN(N)/C=C(N)/C(=N/SC(C)(C)C)c1cccc2c(=O)n(C)ccc12. The number of nitrogens with zero attached hydrogens (tertiary/aromatic N) is 3. The predicted molar refractivity (Wildman–Crippen MR) is 117 cm³/mol. The molecule has 0 spiro atoms. The van der Waals surface area contributed by atoms with Gasteiger partial charge in [0.2, 0.25) is 0 Å². The summed E-state index contributed by atoms with van der Waals surface area (Å²) in [5.41, 5.74) is 8.25. The lowest BCUT2D eigenvalue weighted by atomic mass is 10.0. The molecule has 2 aromatic rings. The Kier molecular flexibility index (Phi) is 6.73. The predicted octanol–water partition coefficient (Wildman–Crippen LogP) is 3.16. The first-order valence-corrected chi connectivity index (χ1v) is 9.75. The van der Waals surface area contributed by atoms with Crippen molar-refractivity contribution in [2.24, 2.45) is 23.0 Å². The zero-order valence-corrected chi connectivity index (χ0v) is 17.5. The molecule has 7 heteroatoms. The second kappa shape index (κ2) is 8.63. The van der Waals surface area contributed by atoms with E-state index in [9.17, 15) is 4.79 Å². The summed E-state index contributed by atoms with van der Waals surface area (Å²) in [6.45, 7) is 9.00. The van der Waals surface area contributed by atoms with Crippen LogP contribution in [-0.2, 0) is 7.05 Å². The molecule has 0 aliphatic carbocycles. The Morgan fingerprint density at radius 2 is 2.00 bits per heavy atom. The molecule has 1 aromatic heterocycles. The van der Waals surface area contributed by atoms with Crippen molar-refractivity contribution >= 4 is 28.4 Å². The van der Waals surface area contributed by atoms with Crippen LogP contribution in [0.1, 0.15) is 39.7 Å². The molecule has 6 nitrogen and oxygen atoms in total. The van der Waals surface area contributed by atoms with E-state index in [0.717, 1.165) is 17.4 Å². The second-order valence-electron chi connectivity index (χ2n) is 7.46. The average molecular weight is 388 g/mol. The number of rotatable bonds is 6. The summed E-state index contributed by atoms with van der Waals surface area (Å²) in [6, 6.07) is 7.53. The van der Waals surface area contributed by atoms with E-state index in [2.05, 4.69) is 27.7 Å². The average Bonchev–Trinajstić information content (AvgIpc) is 2.57. The maximum atomic E-state index is 12.5. The van der Waals surface area contributed by atoms with Crippen LogP contribution in [0.25, 0.3) is 10.8 Å². The van der Waals surface area contributed by atoms with Crippen molar-refractivity contribution in [1.29, 1.82) is 0 Å². The molecule has 2 rings (SSSR count). The van der Waals surface area contributed by atoms with E-state index < -0.39 is 0 Å². The van der Waals surface area contributed by atoms with Crippen molar-refractivity contribution in [2.45, 2.75) is 38.9 Å². The minimum Gasteiger partial charge on any atom is -0.396 e. The van der Waals surface area contributed by atoms with Crippen LogP contribution in [-0.4, -0.2) is 26.6 Å². The van der Waals surface area contributed by atoms with Gasteiger partial charge in [-0.25, -0.2) is 10.2 Å². The molecule has 1 aromatic carbocycles. The Hall–Kier alpha value is -2.25. The molecule has 0 radical (unpaired) electrons. The van der Waals surface area contributed by atoms with Gasteiger partial charge in [-0.3, -0.25) is 4.79 Å². The van der Waals surface area contributed by atoms with E-state index >= 15 is 0 Å². The molecule has 0 aliphatic heterocycles. The van der Waals surface area contributed by atoms with E-state index in [1.165, 1.54) is 11.9 Å². The maximum Gasteiger partial charge on any atom is 0.258 e. The van der Waals surface area contributed by atoms with Gasteiger partial charge >= 0.3 is 0 Å². The third-order valence-corrected chi connectivity index (χ3v) is 4.67. The van der Waals surface area contributed by atoms with Crippen molar-refractivity contribution in [2.75, 3.05) is 6.54 Å². The highest BCUT2D eigenvalue weighted by molar-refractivity contribution is 7.99. The van der Waals surface area contributed by atoms with Gasteiger partial charge in [0.05, 0.1) is 5.70 Å². The highest BCUT2D eigenvalue weighted by Gasteiger charge is 2.17. The molecule has 4 N–H and O–H groups in total. The van der Waals surface area contributed by atoms with Gasteiger partial charge in [0.25, 0.3) is 5.56 Å². The molecule has 0 unspecified atom stereocenters. The summed E-state index contributed by atoms with van der Waals surface area (Å²) < 4.78 is 6.22. The third-order valence-electron chi connectivity index (χ3n) is 3.85. The first-order chi connectivity index (χ1) is 12.6. The zero-order chi connectivity index (χ0) is 20.2. The Bertz CT molecular complexity index is 924. The smallest absolute Gasteiger partial charge is 0.258 e. The normalized spacial score (nSPS) is 13.3. The molecule has 0 saturated carbocycles. The van der Waals surface area contributed by atoms with Crippen molar-refractivity contribution in [1.82, 2.24) is 9.58 Å². The van der Waals surface area contributed by atoms with Gasteiger partial charge in [0, 0.05) is 41.7 Å². The maximum absolute atomic E-state index is 12.5. The van der Waals surface area contributed by atoms with Gasteiger partial charge in [-0.15, -0.1) is 0 Å². The van der Waals surface area contributed by atoms with Gasteiger partial charge in [-0.05, 0) is 56.7 Å². The molecule has 1 heterocycles. The van der Waals surface area contributed by atoms with Gasteiger partial charge in [0.15, 0.2) is 0 Å². The lowest BCUT2D eigenvalue weighted by Crippen LogP contribution is -2.29. The molecule has 27 heavy (non-hydrogen) atoms. The number of aromatic nitrogens is 1. The summed E-state index contributed by atoms with van der Waals surface area (Å²) in [6.07, 6.45) is 4.37. The van der Waals surface area contributed by atoms with Crippen molar-refractivity contribution < 1.29 is 0 Å². The monoisotopic (exact) mass is 387 g/mol. The zero-order valence-electron chi connectivity index (χ0n) is 16.7. The van der Waals surface area contributed by atoms with Crippen LogP contribution >= 0.6 is 11.9 Å². The molecule has 0 aliphatic rings. The summed E-state index contributed by atoms with van der Waals surface area (Å²) in [7, 11) is 1.74. The van der Waals surface area contributed by atoms with Crippen LogP contribution in [0.3, 0.4) is 0 Å². The number of aryl methyl sites for hydroxylation is 1. The Labute approximate surface area is 165 Å². The number of pyridine rings is 1. The number of hydrazine groups is 1. The topological polar surface area (TPSA) is 89.6 Å². The first-order valence-electron chi connectivity index (χ1n) is 8.98. The highest BCUT2D eigenvalue weighted by atomic mass is 32.2. The second-order valence-corrected chi connectivity index (χ2v) is 9.05. The molecule has 0 saturated heterocycles. The lowest BCUT2D eigenvalue weighted by Gasteiger charge is -2.18. The Morgan fingerprint density at radius 3 is 2.63 bits per heavy atom. The summed E-state index contributed by atoms with van der Waals surface area (Å²) in [5.74, 6) is 6.00. The lowest BCUT2D eigenvalue weighted by molar-refractivity contribution is 0.391. The third kappa shape index (κ3) is 5.37. The van der Waals surface area contributed by atoms with E-state index in [-0.39, 0.29) is 10.3 Å². The highest BCUT2D eigenvalue weighted by Crippen LogP contribution is 2.27. The van der Waals surface area contributed by atoms with E-state index in [1.54, 1.807) is 29.0 Å². The molecule has 0 bridgehead atoms. The molecule has 0 amide bonds. The van der Waals surface area contributed by atoms with Crippen molar-refractivity contribution in [3.8, 4) is 0 Å². The van der Waals surface area contributed by atoms with Gasteiger partial charge in [0.1, 0.15) is 5.71 Å². The van der Waals surface area contributed by atoms with E-state index in [1.807, 2.05) is 24.3 Å². The summed E-state index contributed by atoms with van der Waals surface area (Å²) in [5, 5.41) is 3.03. The fraction of sp³-hybridized carbons (Fsp3) is 0.400.